The summed E-state index contributed by atoms with van der Waals surface area (Å²) in [6.07, 6.45) is 8.46. The number of methoxy groups -OCH3 is 3. The zero-order chi connectivity index (χ0) is 24.2. The van der Waals surface area contributed by atoms with Gasteiger partial charge in [0.2, 0.25) is 5.75 Å². The van der Waals surface area contributed by atoms with Gasteiger partial charge in [-0.2, -0.15) is 0 Å². The smallest absolute Gasteiger partial charge is 0.331 e. The molecule has 1 aliphatic heterocycles. The first-order valence-electron chi connectivity index (χ1n) is 12.0. The SMILES string of the molecule is COc1cc(C=C2C(=O)NC(=O)N(C(C)C34CC5CC(CC(C5)C3)C4)C2=O)cc(OC)c1OC. The maximum atomic E-state index is 13.6. The molecule has 8 heteroatoms. The van der Waals surface area contributed by atoms with E-state index in [0.717, 1.165) is 19.3 Å². The molecular formula is C26H32N2O6. The molecule has 4 bridgehead atoms. The van der Waals surface area contributed by atoms with Gasteiger partial charge in [-0.3, -0.25) is 19.8 Å². The number of hydrogen-bond acceptors (Lipinski definition) is 6. The summed E-state index contributed by atoms with van der Waals surface area (Å²) in [5.41, 5.74) is 0.398. The largest absolute Gasteiger partial charge is 0.493 e. The Morgan fingerprint density at radius 3 is 1.94 bits per heavy atom. The van der Waals surface area contributed by atoms with Crippen LogP contribution in [0.2, 0.25) is 0 Å². The molecule has 6 rings (SSSR count). The number of amides is 4. The van der Waals surface area contributed by atoms with E-state index < -0.39 is 17.8 Å². The molecule has 5 aliphatic rings. The lowest BCUT2D eigenvalue weighted by molar-refractivity contribution is -0.139. The number of benzene rings is 1. The summed E-state index contributed by atoms with van der Waals surface area (Å²) < 4.78 is 16.1. The Balaban J connectivity index is 1.48. The number of imide groups is 2. The Kier molecular flexibility index (Phi) is 5.57. The lowest BCUT2D eigenvalue weighted by Crippen LogP contribution is -2.63. The highest BCUT2D eigenvalue weighted by Crippen LogP contribution is 2.62. The molecule has 1 N–H and O–H groups in total. The Morgan fingerprint density at radius 2 is 1.47 bits per heavy atom. The third-order valence-corrected chi connectivity index (χ3v) is 8.49. The summed E-state index contributed by atoms with van der Waals surface area (Å²) in [4.78, 5) is 40.6. The molecule has 1 heterocycles. The van der Waals surface area contributed by atoms with Gasteiger partial charge in [0.25, 0.3) is 11.8 Å². The molecule has 182 valence electrons. The highest BCUT2D eigenvalue weighted by Gasteiger charge is 2.56. The number of hydrogen-bond donors (Lipinski definition) is 1. The molecule has 0 aromatic heterocycles. The minimum absolute atomic E-state index is 0.0558. The second-order valence-corrected chi connectivity index (χ2v) is 10.4. The average Bonchev–Trinajstić information content (AvgIpc) is 2.79. The molecule has 8 nitrogen and oxygen atoms in total. The van der Waals surface area contributed by atoms with Gasteiger partial charge in [-0.25, -0.2) is 4.79 Å². The van der Waals surface area contributed by atoms with Crippen LogP contribution in [-0.2, 0) is 9.59 Å². The van der Waals surface area contributed by atoms with E-state index in [9.17, 15) is 14.4 Å². The summed E-state index contributed by atoms with van der Waals surface area (Å²) >= 11 is 0. The fourth-order valence-corrected chi connectivity index (χ4v) is 7.34. The Labute approximate surface area is 199 Å². The van der Waals surface area contributed by atoms with Crippen LogP contribution in [0.1, 0.15) is 51.0 Å². The number of nitrogens with one attached hydrogen (secondary N) is 1. The number of nitrogens with zero attached hydrogens (tertiary/aromatic N) is 1. The molecule has 4 aliphatic carbocycles. The van der Waals surface area contributed by atoms with E-state index in [4.69, 9.17) is 14.2 Å². The minimum Gasteiger partial charge on any atom is -0.493 e. The van der Waals surface area contributed by atoms with Crippen molar-refractivity contribution < 1.29 is 28.6 Å². The molecule has 0 spiro atoms. The van der Waals surface area contributed by atoms with Gasteiger partial charge in [0.15, 0.2) is 11.5 Å². The van der Waals surface area contributed by atoms with E-state index in [1.165, 1.54) is 51.6 Å². The summed E-state index contributed by atoms with van der Waals surface area (Å²) in [5, 5.41) is 2.39. The van der Waals surface area contributed by atoms with Gasteiger partial charge in [0.05, 0.1) is 21.3 Å². The van der Waals surface area contributed by atoms with Gasteiger partial charge in [-0.15, -0.1) is 0 Å². The maximum Gasteiger partial charge on any atom is 0.331 e. The molecule has 1 aromatic carbocycles. The molecule has 1 saturated heterocycles. The van der Waals surface area contributed by atoms with Crippen LogP contribution in [0.5, 0.6) is 17.2 Å². The second-order valence-electron chi connectivity index (χ2n) is 10.4. The minimum atomic E-state index is -0.697. The number of carbonyl (C=O) groups is 3. The van der Waals surface area contributed by atoms with Gasteiger partial charge in [-0.05, 0) is 92.4 Å². The van der Waals surface area contributed by atoms with Crippen molar-refractivity contribution >= 4 is 23.9 Å². The van der Waals surface area contributed by atoms with Gasteiger partial charge in [0.1, 0.15) is 5.57 Å². The summed E-state index contributed by atoms with van der Waals surface area (Å²) in [7, 11) is 4.51. The molecule has 1 atom stereocenters. The Hall–Kier alpha value is -3.03. The van der Waals surface area contributed by atoms with Crippen LogP contribution in [0.15, 0.2) is 17.7 Å². The van der Waals surface area contributed by atoms with Crippen LogP contribution in [0.4, 0.5) is 4.79 Å². The third-order valence-electron chi connectivity index (χ3n) is 8.49. The van der Waals surface area contributed by atoms with E-state index >= 15 is 0 Å². The number of ether oxygens (including phenoxy) is 3. The van der Waals surface area contributed by atoms with E-state index in [-0.39, 0.29) is 17.0 Å². The van der Waals surface area contributed by atoms with Crippen molar-refractivity contribution in [3.05, 3.63) is 23.3 Å². The summed E-state index contributed by atoms with van der Waals surface area (Å²) in [5.74, 6) is 2.05. The van der Waals surface area contributed by atoms with Crippen LogP contribution in [0.25, 0.3) is 6.08 Å². The van der Waals surface area contributed by atoms with E-state index in [2.05, 4.69) is 5.32 Å². The van der Waals surface area contributed by atoms with Gasteiger partial charge < -0.3 is 14.2 Å². The van der Waals surface area contributed by atoms with Crippen molar-refractivity contribution in [2.45, 2.75) is 51.5 Å². The lowest BCUT2D eigenvalue weighted by Gasteiger charge is -2.60. The summed E-state index contributed by atoms with van der Waals surface area (Å²) in [6, 6.07) is 2.43. The number of rotatable bonds is 6. The number of barbiturate groups is 1. The zero-order valence-electron chi connectivity index (χ0n) is 20.2. The maximum absolute atomic E-state index is 13.6. The molecule has 4 saturated carbocycles. The van der Waals surface area contributed by atoms with Crippen LogP contribution in [0.3, 0.4) is 0 Å². The summed E-state index contributed by atoms with van der Waals surface area (Å²) in [6.45, 7) is 1.98. The average molecular weight is 469 g/mol. The standard InChI is InChI=1S/C26H32N2O6/c1-14(26-11-16-5-17(12-26)7-18(6-16)13-26)28-24(30)19(23(29)27-25(28)31)8-15-9-20(32-2)22(34-4)21(10-15)33-3/h8-10,14,16-18H,5-7,11-13H2,1-4H3,(H,27,29,31). The fraction of sp³-hybridized carbons (Fsp3) is 0.577. The molecule has 1 unspecified atom stereocenters. The highest BCUT2D eigenvalue weighted by atomic mass is 16.5. The first-order valence-corrected chi connectivity index (χ1v) is 12.0. The predicted molar refractivity (Wildman–Crippen MR) is 125 cm³/mol. The number of urea groups is 1. The van der Waals surface area contributed by atoms with Gasteiger partial charge in [0, 0.05) is 6.04 Å². The molecular weight excluding hydrogens is 436 g/mol. The molecule has 5 fully saturated rings. The van der Waals surface area contributed by atoms with Crippen molar-refractivity contribution in [1.29, 1.82) is 0 Å². The van der Waals surface area contributed by atoms with Crippen LogP contribution >= 0.6 is 0 Å². The normalized spacial score (nSPS) is 32.1. The van der Waals surface area contributed by atoms with Crippen molar-refractivity contribution in [2.75, 3.05) is 21.3 Å². The quantitative estimate of drug-likeness (QED) is 0.504. The van der Waals surface area contributed by atoms with Gasteiger partial charge >= 0.3 is 6.03 Å². The Bertz CT molecular complexity index is 1020. The third kappa shape index (κ3) is 3.54. The van der Waals surface area contributed by atoms with Crippen molar-refractivity contribution in [1.82, 2.24) is 10.2 Å². The first kappa shape index (κ1) is 22.7. The van der Waals surface area contributed by atoms with E-state index in [1.54, 1.807) is 12.1 Å². The Morgan fingerprint density at radius 1 is 0.941 bits per heavy atom. The van der Waals surface area contributed by atoms with Crippen molar-refractivity contribution in [3.8, 4) is 17.2 Å². The van der Waals surface area contributed by atoms with E-state index in [1.807, 2.05) is 6.92 Å². The highest BCUT2D eigenvalue weighted by molar-refractivity contribution is 6.31. The molecule has 1 aromatic rings. The van der Waals surface area contributed by atoms with Crippen molar-refractivity contribution in [3.63, 3.8) is 0 Å². The number of carbonyl (C=O) groups excluding carboxylic acids is 3. The molecule has 4 amide bonds. The second kappa shape index (κ2) is 8.32. The van der Waals surface area contributed by atoms with Crippen LogP contribution < -0.4 is 19.5 Å². The molecule has 34 heavy (non-hydrogen) atoms. The van der Waals surface area contributed by atoms with Gasteiger partial charge in [-0.1, -0.05) is 0 Å². The van der Waals surface area contributed by atoms with Crippen LogP contribution in [-0.4, -0.2) is 50.1 Å². The monoisotopic (exact) mass is 468 g/mol. The van der Waals surface area contributed by atoms with Crippen molar-refractivity contribution in [2.24, 2.45) is 23.2 Å². The van der Waals surface area contributed by atoms with E-state index in [0.29, 0.717) is 40.6 Å². The van der Waals surface area contributed by atoms with Crippen LogP contribution in [0, 0.1) is 23.2 Å². The predicted octanol–water partition coefficient (Wildman–Crippen LogP) is 3.78. The topological polar surface area (TPSA) is 94.2 Å². The fourth-order valence-electron chi connectivity index (χ4n) is 7.34. The lowest BCUT2D eigenvalue weighted by atomic mass is 9.47. The zero-order valence-corrected chi connectivity index (χ0v) is 20.2. The first-order chi connectivity index (χ1) is 16.3. The molecule has 0 radical (unpaired) electrons.